The maximum atomic E-state index is 5.75. The van der Waals surface area contributed by atoms with E-state index >= 15 is 0 Å². The Labute approximate surface area is 401 Å². The highest BCUT2D eigenvalue weighted by molar-refractivity contribution is 6.16. The van der Waals surface area contributed by atoms with Gasteiger partial charge in [-0.2, -0.15) is 5.10 Å². The van der Waals surface area contributed by atoms with Crippen molar-refractivity contribution in [3.63, 3.8) is 0 Å². The molecule has 2 aliphatic rings. The SMILES string of the molecule is c1ccc(-c2ccc(N(c3ccc4c(c3)C3(c5ccccc5-c5ccccc53)c3ccccc3-4)c3c(-c4ccccc4)n4nc(-c5ccccc5)c(-c5ccccc5)c4c4ccccc34)cc2)cc1. The average molecular weight is 878 g/mol. The number of hydrogen-bond donors (Lipinski definition) is 0. The van der Waals surface area contributed by atoms with E-state index in [1.54, 1.807) is 0 Å². The number of rotatable bonds is 7. The monoisotopic (exact) mass is 877 g/mol. The third kappa shape index (κ3) is 5.78. The first-order chi connectivity index (χ1) is 34.3. The van der Waals surface area contributed by atoms with Crippen molar-refractivity contribution in [3.05, 3.63) is 283 Å². The predicted octanol–water partition coefficient (Wildman–Crippen LogP) is 17.0. The second-order valence-electron chi connectivity index (χ2n) is 18.2. The lowest BCUT2D eigenvalue weighted by Crippen LogP contribution is -2.26. The number of pyridine rings is 1. The molecule has 1 spiro atoms. The van der Waals surface area contributed by atoms with Crippen molar-refractivity contribution < 1.29 is 0 Å². The summed E-state index contributed by atoms with van der Waals surface area (Å²) in [5.74, 6) is 0. The molecule has 322 valence electrons. The molecule has 2 heterocycles. The van der Waals surface area contributed by atoms with E-state index < -0.39 is 5.41 Å². The Morgan fingerprint density at radius 1 is 0.333 bits per heavy atom. The molecule has 0 atom stereocenters. The van der Waals surface area contributed by atoms with Gasteiger partial charge in [-0.25, -0.2) is 4.52 Å². The number of fused-ring (bicyclic) bond motifs is 13. The molecule has 2 aliphatic carbocycles. The fourth-order valence-electron chi connectivity index (χ4n) is 11.8. The number of benzene rings is 10. The highest BCUT2D eigenvalue weighted by Crippen LogP contribution is 2.63. The van der Waals surface area contributed by atoms with Gasteiger partial charge in [0.15, 0.2) is 0 Å². The molecule has 69 heavy (non-hydrogen) atoms. The van der Waals surface area contributed by atoms with Crippen LogP contribution in [0.15, 0.2) is 261 Å². The van der Waals surface area contributed by atoms with E-state index in [4.69, 9.17) is 5.10 Å². The van der Waals surface area contributed by atoms with Crippen LogP contribution in [0.5, 0.6) is 0 Å². The molecule has 3 heteroatoms. The lowest BCUT2D eigenvalue weighted by Gasteiger charge is -2.33. The summed E-state index contributed by atoms with van der Waals surface area (Å²) in [5.41, 5.74) is 22.8. The van der Waals surface area contributed by atoms with Gasteiger partial charge in [0.1, 0.15) is 5.69 Å². The molecule has 14 rings (SSSR count). The molecule has 0 radical (unpaired) electrons. The minimum Gasteiger partial charge on any atom is -0.308 e. The van der Waals surface area contributed by atoms with Gasteiger partial charge in [-0.05, 0) is 85.5 Å². The Morgan fingerprint density at radius 3 is 1.35 bits per heavy atom. The minimum atomic E-state index is -0.511. The quantitative estimate of drug-likeness (QED) is 0.159. The Bertz CT molecular complexity index is 3870. The molecule has 0 aliphatic heterocycles. The van der Waals surface area contributed by atoms with Crippen molar-refractivity contribution in [3.8, 4) is 67.0 Å². The molecule has 3 nitrogen and oxygen atoms in total. The maximum Gasteiger partial charge on any atom is 0.101 e. The van der Waals surface area contributed by atoms with Crippen LogP contribution in [0.3, 0.4) is 0 Å². The zero-order valence-corrected chi connectivity index (χ0v) is 37.7. The molecule has 0 saturated heterocycles. The summed E-state index contributed by atoms with van der Waals surface area (Å²) in [4.78, 5) is 2.51. The van der Waals surface area contributed by atoms with Crippen LogP contribution in [0.1, 0.15) is 22.3 Å². The molecule has 2 aromatic heterocycles. The highest BCUT2D eigenvalue weighted by atomic mass is 15.3. The molecule has 0 unspecified atom stereocenters. The van der Waals surface area contributed by atoms with Crippen molar-refractivity contribution in [1.82, 2.24) is 9.61 Å². The summed E-state index contributed by atoms with van der Waals surface area (Å²) in [7, 11) is 0. The molecular formula is C66H43N3. The summed E-state index contributed by atoms with van der Waals surface area (Å²) in [6.45, 7) is 0. The maximum absolute atomic E-state index is 5.75. The average Bonchev–Trinajstić information content (AvgIpc) is 4.07. The zero-order valence-electron chi connectivity index (χ0n) is 37.7. The van der Waals surface area contributed by atoms with Crippen LogP contribution in [0, 0.1) is 0 Å². The smallest absolute Gasteiger partial charge is 0.101 e. The second kappa shape index (κ2) is 15.5. The Kier molecular flexibility index (Phi) is 8.80. The minimum absolute atomic E-state index is 0.511. The van der Waals surface area contributed by atoms with E-state index in [1.807, 2.05) is 0 Å². The Morgan fingerprint density at radius 2 is 0.768 bits per heavy atom. The highest BCUT2D eigenvalue weighted by Gasteiger charge is 2.51. The largest absolute Gasteiger partial charge is 0.308 e. The van der Waals surface area contributed by atoms with Crippen LogP contribution in [0.25, 0.3) is 83.3 Å². The van der Waals surface area contributed by atoms with E-state index in [2.05, 4.69) is 270 Å². The van der Waals surface area contributed by atoms with E-state index in [0.717, 1.165) is 72.6 Å². The van der Waals surface area contributed by atoms with Crippen LogP contribution < -0.4 is 4.90 Å². The number of hydrogen-bond acceptors (Lipinski definition) is 2. The molecular weight excluding hydrogens is 835 g/mol. The van der Waals surface area contributed by atoms with Crippen LogP contribution in [0.2, 0.25) is 0 Å². The number of aromatic nitrogens is 2. The molecule has 0 bridgehead atoms. The third-order valence-electron chi connectivity index (χ3n) is 14.6. The van der Waals surface area contributed by atoms with Gasteiger partial charge in [-0.3, -0.25) is 0 Å². The van der Waals surface area contributed by atoms with Crippen LogP contribution in [0.4, 0.5) is 17.1 Å². The van der Waals surface area contributed by atoms with Gasteiger partial charge in [0.2, 0.25) is 0 Å². The van der Waals surface area contributed by atoms with Gasteiger partial charge in [-0.1, -0.05) is 237 Å². The zero-order chi connectivity index (χ0) is 45.5. The first-order valence-corrected chi connectivity index (χ1v) is 23.8. The van der Waals surface area contributed by atoms with Crippen LogP contribution >= 0.6 is 0 Å². The van der Waals surface area contributed by atoms with Crippen molar-refractivity contribution in [2.75, 3.05) is 4.90 Å². The fourth-order valence-corrected chi connectivity index (χ4v) is 11.8. The topological polar surface area (TPSA) is 20.5 Å². The standard InChI is InChI=1S/C66H43N3/c1-5-21-44(22-6-1)45-37-39-49(40-38-45)68(50-41-42-54-53-31-17-20-36-59(53)66(60(54)43-50)57-34-18-15-29-51(57)52-30-16-19-35-58(52)66)65-56-33-14-13-32-55(56)64-61(46-23-7-2-8-24-46)62(47-25-9-3-10-26-47)67-69(64)63(65)48-27-11-4-12-28-48/h1-43H. The van der Waals surface area contributed by atoms with Gasteiger partial charge >= 0.3 is 0 Å². The van der Waals surface area contributed by atoms with E-state index in [0.29, 0.717) is 0 Å². The van der Waals surface area contributed by atoms with Gasteiger partial charge in [-0.15, -0.1) is 0 Å². The lowest BCUT2D eigenvalue weighted by atomic mass is 9.70. The summed E-state index contributed by atoms with van der Waals surface area (Å²) < 4.78 is 2.25. The van der Waals surface area contributed by atoms with Crippen molar-refractivity contribution >= 4 is 33.4 Å². The van der Waals surface area contributed by atoms with Crippen molar-refractivity contribution in [1.29, 1.82) is 0 Å². The first kappa shape index (κ1) is 39.1. The molecule has 12 aromatic rings. The van der Waals surface area contributed by atoms with E-state index in [1.165, 1.54) is 50.1 Å². The molecule has 0 amide bonds. The van der Waals surface area contributed by atoms with E-state index in [-0.39, 0.29) is 0 Å². The Hall–Kier alpha value is -9.05. The van der Waals surface area contributed by atoms with Gasteiger partial charge in [0.05, 0.1) is 22.3 Å². The normalized spacial score (nSPS) is 12.8. The molecule has 10 aromatic carbocycles. The number of anilines is 3. The van der Waals surface area contributed by atoms with E-state index in [9.17, 15) is 0 Å². The van der Waals surface area contributed by atoms with Crippen molar-refractivity contribution in [2.45, 2.75) is 5.41 Å². The lowest BCUT2D eigenvalue weighted by molar-refractivity contribution is 0.793. The summed E-state index contributed by atoms with van der Waals surface area (Å²) >= 11 is 0. The van der Waals surface area contributed by atoms with Gasteiger partial charge in [0, 0.05) is 38.8 Å². The van der Waals surface area contributed by atoms with Gasteiger partial charge in [0.25, 0.3) is 0 Å². The predicted molar refractivity (Wildman–Crippen MR) is 285 cm³/mol. The van der Waals surface area contributed by atoms with Crippen molar-refractivity contribution in [2.24, 2.45) is 0 Å². The van der Waals surface area contributed by atoms with Crippen LogP contribution in [-0.4, -0.2) is 9.61 Å². The molecule has 0 N–H and O–H groups in total. The van der Waals surface area contributed by atoms with Crippen LogP contribution in [-0.2, 0) is 5.41 Å². The third-order valence-corrected chi connectivity index (χ3v) is 14.6. The fraction of sp³-hybridized carbons (Fsp3) is 0.0152. The Balaban J connectivity index is 1.12. The molecule has 0 saturated carbocycles. The number of nitrogens with zero attached hydrogens (tertiary/aromatic N) is 3. The summed E-state index contributed by atoms with van der Waals surface area (Å²) in [6, 6.07) is 95.4. The summed E-state index contributed by atoms with van der Waals surface area (Å²) in [5, 5.41) is 8.00. The second-order valence-corrected chi connectivity index (χ2v) is 18.2. The summed E-state index contributed by atoms with van der Waals surface area (Å²) in [6.07, 6.45) is 0. The molecule has 0 fully saturated rings. The van der Waals surface area contributed by atoms with Gasteiger partial charge < -0.3 is 4.90 Å². The first-order valence-electron chi connectivity index (χ1n) is 23.8.